The Hall–Kier alpha value is -1.75. The van der Waals surface area contributed by atoms with Crippen molar-refractivity contribution in [2.75, 3.05) is 14.2 Å². The van der Waals surface area contributed by atoms with E-state index in [1.54, 1.807) is 32.4 Å². The molecular weight excluding hydrogens is 258 g/mol. The van der Waals surface area contributed by atoms with E-state index in [-0.39, 0.29) is 6.42 Å². The van der Waals surface area contributed by atoms with Gasteiger partial charge in [-0.25, -0.2) is 0 Å². The summed E-state index contributed by atoms with van der Waals surface area (Å²) in [6, 6.07) is 5.32. The Bertz CT molecular complexity index is 493. The number of carboxylic acids is 1. The predicted molar refractivity (Wildman–Crippen MR) is 77.4 cm³/mol. The van der Waals surface area contributed by atoms with Gasteiger partial charge in [-0.1, -0.05) is 6.92 Å². The van der Waals surface area contributed by atoms with E-state index in [4.69, 9.17) is 15.2 Å². The molecule has 0 fully saturated rings. The van der Waals surface area contributed by atoms with Crippen molar-refractivity contribution in [2.45, 2.75) is 38.1 Å². The maximum absolute atomic E-state index is 11.3. The molecule has 5 nitrogen and oxygen atoms in total. The summed E-state index contributed by atoms with van der Waals surface area (Å²) in [6.07, 6.45) is -0.0972. The highest BCUT2D eigenvalue weighted by atomic mass is 16.5. The maximum Gasteiger partial charge on any atom is 0.304 e. The van der Waals surface area contributed by atoms with Crippen molar-refractivity contribution >= 4 is 5.97 Å². The Labute approximate surface area is 119 Å². The quantitative estimate of drug-likeness (QED) is 0.835. The average Bonchev–Trinajstić information content (AvgIpc) is 2.35. The molecule has 0 heterocycles. The minimum Gasteiger partial charge on any atom is -0.497 e. The SMILES string of the molecule is COc1ccc(OC)c(C(C)(CC(=O)O)C(C)(C)N)c1. The van der Waals surface area contributed by atoms with Crippen LogP contribution in [0.3, 0.4) is 0 Å². The van der Waals surface area contributed by atoms with E-state index in [0.29, 0.717) is 11.5 Å². The fourth-order valence-electron chi connectivity index (χ4n) is 2.22. The molecule has 0 spiro atoms. The van der Waals surface area contributed by atoms with Crippen molar-refractivity contribution in [2.24, 2.45) is 5.73 Å². The number of carbonyl (C=O) groups is 1. The lowest BCUT2D eigenvalue weighted by Gasteiger charge is -2.42. The average molecular weight is 281 g/mol. The molecule has 0 saturated carbocycles. The Morgan fingerprint density at radius 1 is 1.25 bits per heavy atom. The van der Waals surface area contributed by atoms with Gasteiger partial charge in [-0.15, -0.1) is 0 Å². The Morgan fingerprint density at radius 3 is 2.25 bits per heavy atom. The third kappa shape index (κ3) is 3.04. The minimum atomic E-state index is -0.907. The zero-order chi connectivity index (χ0) is 15.6. The van der Waals surface area contributed by atoms with Gasteiger partial charge >= 0.3 is 5.97 Å². The van der Waals surface area contributed by atoms with Crippen molar-refractivity contribution in [3.05, 3.63) is 23.8 Å². The van der Waals surface area contributed by atoms with Gasteiger partial charge in [-0.05, 0) is 32.0 Å². The van der Waals surface area contributed by atoms with Crippen molar-refractivity contribution in [3.63, 3.8) is 0 Å². The standard InChI is InChI=1S/C15H23NO4/c1-14(2,16)15(3,9-13(17)18)11-8-10(19-4)6-7-12(11)20-5/h6-8H,9,16H2,1-5H3,(H,17,18). The van der Waals surface area contributed by atoms with Gasteiger partial charge in [0.2, 0.25) is 0 Å². The first-order chi connectivity index (χ1) is 9.15. The first-order valence-corrected chi connectivity index (χ1v) is 6.39. The zero-order valence-corrected chi connectivity index (χ0v) is 12.7. The maximum atomic E-state index is 11.3. The molecule has 0 radical (unpaired) electrons. The van der Waals surface area contributed by atoms with Crippen LogP contribution in [0.1, 0.15) is 32.8 Å². The highest BCUT2D eigenvalue weighted by Crippen LogP contribution is 2.43. The fraction of sp³-hybridized carbons (Fsp3) is 0.533. The number of hydrogen-bond donors (Lipinski definition) is 2. The van der Waals surface area contributed by atoms with Crippen molar-refractivity contribution in [1.29, 1.82) is 0 Å². The lowest BCUT2D eigenvalue weighted by atomic mass is 9.66. The Balaban J connectivity index is 3.51. The van der Waals surface area contributed by atoms with E-state index >= 15 is 0 Å². The van der Waals surface area contributed by atoms with E-state index in [0.717, 1.165) is 5.56 Å². The number of ether oxygens (including phenoxy) is 2. The number of aliphatic carboxylic acids is 1. The lowest BCUT2D eigenvalue weighted by Crippen LogP contribution is -2.53. The monoisotopic (exact) mass is 281 g/mol. The number of rotatable bonds is 6. The largest absolute Gasteiger partial charge is 0.497 e. The first-order valence-electron chi connectivity index (χ1n) is 6.39. The van der Waals surface area contributed by atoms with E-state index in [9.17, 15) is 9.90 Å². The topological polar surface area (TPSA) is 81.8 Å². The van der Waals surface area contributed by atoms with Crippen molar-refractivity contribution < 1.29 is 19.4 Å². The molecule has 0 saturated heterocycles. The molecule has 3 N–H and O–H groups in total. The normalized spacial score (nSPS) is 14.5. The summed E-state index contributed by atoms with van der Waals surface area (Å²) < 4.78 is 10.6. The fourth-order valence-corrected chi connectivity index (χ4v) is 2.22. The van der Waals surface area contributed by atoms with E-state index in [1.807, 2.05) is 20.8 Å². The smallest absolute Gasteiger partial charge is 0.304 e. The summed E-state index contributed by atoms with van der Waals surface area (Å²) in [5.74, 6) is 0.339. The van der Waals surface area contributed by atoms with Gasteiger partial charge in [0.1, 0.15) is 11.5 Å². The molecule has 1 rings (SSSR count). The number of methoxy groups -OCH3 is 2. The summed E-state index contributed by atoms with van der Waals surface area (Å²) in [6.45, 7) is 5.46. The van der Waals surface area contributed by atoms with Crippen LogP contribution in [0.4, 0.5) is 0 Å². The van der Waals surface area contributed by atoms with Crippen LogP contribution in [0.15, 0.2) is 18.2 Å². The second-order valence-corrected chi connectivity index (χ2v) is 5.69. The highest BCUT2D eigenvalue weighted by molar-refractivity contribution is 5.70. The predicted octanol–water partition coefficient (Wildman–Crippen LogP) is 2.17. The summed E-state index contributed by atoms with van der Waals surface area (Å²) >= 11 is 0. The number of hydrogen-bond acceptors (Lipinski definition) is 4. The molecule has 1 unspecified atom stereocenters. The van der Waals surface area contributed by atoms with Crippen LogP contribution < -0.4 is 15.2 Å². The van der Waals surface area contributed by atoms with E-state index in [1.165, 1.54) is 0 Å². The van der Waals surface area contributed by atoms with Crippen LogP contribution in [-0.2, 0) is 10.2 Å². The number of carboxylic acid groups (broad SMARTS) is 1. The minimum absolute atomic E-state index is 0.0972. The zero-order valence-electron chi connectivity index (χ0n) is 12.7. The second-order valence-electron chi connectivity index (χ2n) is 5.69. The second kappa shape index (κ2) is 5.71. The molecule has 1 aromatic rings. The highest BCUT2D eigenvalue weighted by Gasteiger charge is 2.43. The summed E-state index contributed by atoms with van der Waals surface area (Å²) in [5, 5.41) is 9.24. The van der Waals surface area contributed by atoms with Crippen LogP contribution in [0.5, 0.6) is 11.5 Å². The van der Waals surface area contributed by atoms with Gasteiger partial charge in [-0.2, -0.15) is 0 Å². The van der Waals surface area contributed by atoms with Gasteiger partial charge in [0.05, 0.1) is 20.6 Å². The van der Waals surface area contributed by atoms with Gasteiger partial charge in [0.15, 0.2) is 0 Å². The van der Waals surface area contributed by atoms with Gasteiger partial charge in [0.25, 0.3) is 0 Å². The van der Waals surface area contributed by atoms with E-state index in [2.05, 4.69) is 0 Å². The molecule has 5 heteroatoms. The van der Waals surface area contributed by atoms with E-state index < -0.39 is 16.9 Å². The molecule has 112 valence electrons. The van der Waals surface area contributed by atoms with Gasteiger partial charge < -0.3 is 20.3 Å². The molecule has 20 heavy (non-hydrogen) atoms. The molecule has 0 aromatic heterocycles. The molecule has 0 aliphatic heterocycles. The van der Waals surface area contributed by atoms with Gasteiger partial charge in [-0.3, -0.25) is 4.79 Å². The Morgan fingerprint density at radius 2 is 1.85 bits per heavy atom. The molecule has 0 aliphatic carbocycles. The molecular formula is C15H23NO4. The summed E-state index contributed by atoms with van der Waals surface area (Å²) in [7, 11) is 3.11. The van der Waals surface area contributed by atoms with Crippen molar-refractivity contribution in [1.82, 2.24) is 0 Å². The van der Waals surface area contributed by atoms with Crippen LogP contribution in [0.2, 0.25) is 0 Å². The van der Waals surface area contributed by atoms with Crippen molar-refractivity contribution in [3.8, 4) is 11.5 Å². The van der Waals surface area contributed by atoms with Crippen LogP contribution in [0, 0.1) is 0 Å². The number of benzene rings is 1. The first kappa shape index (κ1) is 16.3. The lowest BCUT2D eigenvalue weighted by molar-refractivity contribution is -0.139. The summed E-state index contributed by atoms with van der Waals surface area (Å²) in [5.41, 5.74) is 5.44. The summed E-state index contributed by atoms with van der Waals surface area (Å²) in [4.78, 5) is 11.3. The molecule has 0 amide bonds. The molecule has 1 atom stereocenters. The molecule has 0 bridgehead atoms. The molecule has 1 aromatic carbocycles. The third-order valence-electron chi connectivity index (χ3n) is 3.93. The van der Waals surface area contributed by atoms with Crippen LogP contribution in [0.25, 0.3) is 0 Å². The van der Waals surface area contributed by atoms with Gasteiger partial charge in [0, 0.05) is 16.5 Å². The molecule has 0 aliphatic rings. The Kier molecular flexibility index (Phi) is 4.65. The van der Waals surface area contributed by atoms with Crippen LogP contribution in [-0.4, -0.2) is 30.8 Å². The number of nitrogens with two attached hydrogens (primary N) is 1. The third-order valence-corrected chi connectivity index (χ3v) is 3.93. The van der Waals surface area contributed by atoms with Crippen LogP contribution >= 0.6 is 0 Å².